The van der Waals surface area contributed by atoms with Crippen LogP contribution in [0.3, 0.4) is 0 Å². The van der Waals surface area contributed by atoms with E-state index in [-0.39, 0.29) is 5.54 Å². The molecule has 0 bridgehead atoms. The van der Waals surface area contributed by atoms with Crippen LogP contribution in [0.5, 0.6) is 0 Å². The molecule has 0 atom stereocenters. The molecule has 0 aliphatic heterocycles. The average molecular weight is 230 g/mol. The summed E-state index contributed by atoms with van der Waals surface area (Å²) < 4.78 is 0. The largest absolute Gasteiger partial charge is 0.465 e. The normalized spacial score (nSPS) is 11.5. The second-order valence-corrected chi connectivity index (χ2v) is 5.12. The highest BCUT2D eigenvalue weighted by Crippen LogP contribution is 2.14. The van der Waals surface area contributed by atoms with Gasteiger partial charge in [0.2, 0.25) is 0 Å². The van der Waals surface area contributed by atoms with Crippen LogP contribution in [-0.4, -0.2) is 41.8 Å². The van der Waals surface area contributed by atoms with E-state index >= 15 is 0 Å². The predicted octanol–water partition coefficient (Wildman–Crippen LogP) is 2.54. The van der Waals surface area contributed by atoms with Crippen LogP contribution < -0.4 is 5.32 Å². The third-order valence-corrected chi connectivity index (χ3v) is 2.60. The highest BCUT2D eigenvalue weighted by molar-refractivity contribution is 5.65. The summed E-state index contributed by atoms with van der Waals surface area (Å²) in [5.74, 6) is 0. The van der Waals surface area contributed by atoms with Crippen molar-refractivity contribution in [3.8, 4) is 0 Å². The molecule has 0 rings (SSSR count). The lowest BCUT2D eigenvalue weighted by Gasteiger charge is -2.33. The molecule has 0 aromatic heterocycles. The number of hydrogen-bond donors (Lipinski definition) is 2. The first-order chi connectivity index (χ1) is 7.39. The van der Waals surface area contributed by atoms with Crippen LogP contribution in [0.1, 0.15) is 46.5 Å². The zero-order chi connectivity index (χ0) is 12.6. The summed E-state index contributed by atoms with van der Waals surface area (Å²) in [5, 5.41) is 12.2. The molecular formula is C12H26N2O2. The standard InChI is InChI=1S/C12H26N2O2/c1-12(2,3)14(11(15)16)10-8-6-5-7-9-13-4/h13H,5-10H2,1-4H3,(H,15,16). The molecule has 0 radical (unpaired) electrons. The molecule has 0 unspecified atom stereocenters. The Morgan fingerprint density at radius 2 is 1.75 bits per heavy atom. The van der Waals surface area contributed by atoms with Crippen molar-refractivity contribution in [1.29, 1.82) is 0 Å². The fourth-order valence-corrected chi connectivity index (χ4v) is 1.64. The Balaban J connectivity index is 3.75. The molecular weight excluding hydrogens is 204 g/mol. The minimum absolute atomic E-state index is 0.295. The van der Waals surface area contributed by atoms with Crippen molar-refractivity contribution in [3.63, 3.8) is 0 Å². The minimum Gasteiger partial charge on any atom is -0.465 e. The number of carboxylic acid groups (broad SMARTS) is 1. The van der Waals surface area contributed by atoms with Gasteiger partial charge in [-0.1, -0.05) is 12.8 Å². The van der Waals surface area contributed by atoms with E-state index in [2.05, 4.69) is 5.32 Å². The number of rotatable bonds is 7. The maximum Gasteiger partial charge on any atom is 0.407 e. The van der Waals surface area contributed by atoms with Gasteiger partial charge in [0.15, 0.2) is 0 Å². The van der Waals surface area contributed by atoms with E-state index in [9.17, 15) is 4.79 Å². The van der Waals surface area contributed by atoms with Crippen LogP contribution >= 0.6 is 0 Å². The second kappa shape index (κ2) is 7.49. The number of nitrogens with one attached hydrogen (secondary N) is 1. The first-order valence-electron chi connectivity index (χ1n) is 6.04. The smallest absolute Gasteiger partial charge is 0.407 e. The van der Waals surface area contributed by atoms with Crippen molar-refractivity contribution in [2.24, 2.45) is 0 Å². The summed E-state index contributed by atoms with van der Waals surface area (Å²) >= 11 is 0. The van der Waals surface area contributed by atoms with Crippen molar-refractivity contribution in [2.45, 2.75) is 52.0 Å². The van der Waals surface area contributed by atoms with Gasteiger partial charge < -0.3 is 15.3 Å². The van der Waals surface area contributed by atoms with Crippen molar-refractivity contribution in [3.05, 3.63) is 0 Å². The van der Waals surface area contributed by atoms with Crippen LogP contribution in [-0.2, 0) is 0 Å². The predicted molar refractivity (Wildman–Crippen MR) is 66.9 cm³/mol. The molecule has 0 aromatic carbocycles. The van der Waals surface area contributed by atoms with Gasteiger partial charge in [0.1, 0.15) is 0 Å². The van der Waals surface area contributed by atoms with E-state index in [4.69, 9.17) is 5.11 Å². The first-order valence-corrected chi connectivity index (χ1v) is 6.04. The first kappa shape index (κ1) is 15.2. The lowest BCUT2D eigenvalue weighted by molar-refractivity contribution is 0.0990. The van der Waals surface area contributed by atoms with Gasteiger partial charge >= 0.3 is 6.09 Å². The second-order valence-electron chi connectivity index (χ2n) is 5.12. The van der Waals surface area contributed by atoms with E-state index in [0.29, 0.717) is 6.54 Å². The van der Waals surface area contributed by atoms with Crippen LogP contribution in [0.2, 0.25) is 0 Å². The Bertz CT molecular complexity index is 200. The molecule has 0 aliphatic rings. The fourth-order valence-electron chi connectivity index (χ4n) is 1.64. The topological polar surface area (TPSA) is 52.6 Å². The van der Waals surface area contributed by atoms with Crippen molar-refractivity contribution in [1.82, 2.24) is 10.2 Å². The zero-order valence-corrected chi connectivity index (χ0v) is 11.0. The quantitative estimate of drug-likeness (QED) is 0.661. The van der Waals surface area contributed by atoms with Crippen LogP contribution in [0.15, 0.2) is 0 Å². The van der Waals surface area contributed by atoms with E-state index in [1.54, 1.807) is 0 Å². The Hall–Kier alpha value is -0.770. The van der Waals surface area contributed by atoms with E-state index in [0.717, 1.165) is 19.4 Å². The third-order valence-electron chi connectivity index (χ3n) is 2.60. The number of unbranched alkanes of at least 4 members (excludes halogenated alkanes) is 3. The lowest BCUT2D eigenvalue weighted by Crippen LogP contribution is -2.45. The molecule has 96 valence electrons. The summed E-state index contributed by atoms with van der Waals surface area (Å²) in [5.41, 5.74) is -0.295. The van der Waals surface area contributed by atoms with Crippen LogP contribution in [0.4, 0.5) is 4.79 Å². The molecule has 0 saturated carbocycles. The molecule has 0 fully saturated rings. The highest BCUT2D eigenvalue weighted by Gasteiger charge is 2.24. The molecule has 0 spiro atoms. The van der Waals surface area contributed by atoms with Gasteiger partial charge in [-0.2, -0.15) is 0 Å². The van der Waals surface area contributed by atoms with Crippen LogP contribution in [0.25, 0.3) is 0 Å². The van der Waals surface area contributed by atoms with E-state index < -0.39 is 6.09 Å². The maximum atomic E-state index is 11.0. The van der Waals surface area contributed by atoms with Gasteiger partial charge in [0.05, 0.1) is 0 Å². The molecule has 16 heavy (non-hydrogen) atoms. The monoisotopic (exact) mass is 230 g/mol. The SMILES string of the molecule is CNCCCCCCN(C(=O)O)C(C)(C)C. The summed E-state index contributed by atoms with van der Waals surface area (Å²) in [7, 11) is 1.95. The maximum absolute atomic E-state index is 11.0. The van der Waals surface area contributed by atoms with Gasteiger partial charge in [0.25, 0.3) is 0 Å². The fraction of sp³-hybridized carbons (Fsp3) is 0.917. The summed E-state index contributed by atoms with van der Waals surface area (Å²) in [6.07, 6.45) is 3.56. The van der Waals surface area contributed by atoms with E-state index in [1.165, 1.54) is 17.7 Å². The number of hydrogen-bond acceptors (Lipinski definition) is 2. The molecule has 1 amide bonds. The summed E-state index contributed by atoms with van der Waals surface area (Å²) in [4.78, 5) is 12.5. The van der Waals surface area contributed by atoms with Crippen molar-refractivity contribution in [2.75, 3.05) is 20.1 Å². The van der Waals surface area contributed by atoms with Gasteiger partial charge in [-0.3, -0.25) is 0 Å². The van der Waals surface area contributed by atoms with Gasteiger partial charge in [-0.05, 0) is 47.2 Å². The molecule has 0 saturated heterocycles. The van der Waals surface area contributed by atoms with E-state index in [1.807, 2.05) is 27.8 Å². The number of amides is 1. The van der Waals surface area contributed by atoms with Crippen LogP contribution in [0, 0.1) is 0 Å². The molecule has 2 N–H and O–H groups in total. The van der Waals surface area contributed by atoms with Gasteiger partial charge in [0, 0.05) is 12.1 Å². The molecule has 4 nitrogen and oxygen atoms in total. The van der Waals surface area contributed by atoms with Gasteiger partial charge in [-0.25, -0.2) is 4.79 Å². The highest BCUT2D eigenvalue weighted by atomic mass is 16.4. The van der Waals surface area contributed by atoms with Crippen molar-refractivity contribution < 1.29 is 9.90 Å². The molecule has 0 aliphatic carbocycles. The minimum atomic E-state index is -0.817. The number of nitrogens with zero attached hydrogens (tertiary/aromatic N) is 1. The zero-order valence-electron chi connectivity index (χ0n) is 11.0. The summed E-state index contributed by atoms with van der Waals surface area (Å²) in [6, 6.07) is 0. The Morgan fingerprint density at radius 1 is 1.19 bits per heavy atom. The Labute approximate surface area is 99.0 Å². The molecule has 0 aromatic rings. The molecule has 4 heteroatoms. The number of carbonyl (C=O) groups is 1. The van der Waals surface area contributed by atoms with Crippen molar-refractivity contribution >= 4 is 6.09 Å². The Morgan fingerprint density at radius 3 is 2.19 bits per heavy atom. The Kier molecular flexibility index (Phi) is 7.13. The average Bonchev–Trinajstić information content (AvgIpc) is 2.13. The summed E-state index contributed by atoms with van der Waals surface area (Å²) in [6.45, 7) is 7.48. The lowest BCUT2D eigenvalue weighted by atomic mass is 10.1. The molecule has 0 heterocycles. The third kappa shape index (κ3) is 6.67. The van der Waals surface area contributed by atoms with Gasteiger partial charge in [-0.15, -0.1) is 0 Å².